The van der Waals surface area contributed by atoms with Crippen molar-refractivity contribution in [3.63, 3.8) is 0 Å². The van der Waals surface area contributed by atoms with Crippen molar-refractivity contribution in [2.45, 2.75) is 0 Å². The number of hydrogen-bond acceptors (Lipinski definition) is 6. The van der Waals surface area contributed by atoms with Crippen molar-refractivity contribution in [2.24, 2.45) is 0 Å². The molecule has 0 spiro atoms. The molecule has 8 nitrogen and oxygen atoms in total. The van der Waals surface area contributed by atoms with Gasteiger partial charge in [0.05, 0.1) is 11.9 Å². The van der Waals surface area contributed by atoms with E-state index in [1.807, 2.05) is 4.90 Å². The van der Waals surface area contributed by atoms with E-state index in [-0.39, 0.29) is 11.9 Å². The van der Waals surface area contributed by atoms with Crippen LogP contribution < -0.4 is 10.2 Å². The van der Waals surface area contributed by atoms with Gasteiger partial charge < -0.3 is 15.1 Å². The molecule has 148 valence electrons. The molecule has 3 aromatic rings. The Morgan fingerprint density at radius 3 is 2.59 bits per heavy atom. The molecule has 4 rings (SSSR count). The minimum absolute atomic E-state index is 0.198. The van der Waals surface area contributed by atoms with Gasteiger partial charge in [0.1, 0.15) is 6.33 Å². The molecule has 0 aliphatic carbocycles. The molecule has 29 heavy (non-hydrogen) atoms. The van der Waals surface area contributed by atoms with E-state index in [0.717, 1.165) is 12.1 Å². The van der Waals surface area contributed by atoms with E-state index < -0.39 is 11.6 Å². The summed E-state index contributed by atoms with van der Waals surface area (Å²) >= 11 is 0. The van der Waals surface area contributed by atoms with E-state index in [2.05, 4.69) is 25.3 Å². The predicted molar refractivity (Wildman–Crippen MR) is 102 cm³/mol. The zero-order valence-corrected chi connectivity index (χ0v) is 15.3. The van der Waals surface area contributed by atoms with Crippen LogP contribution >= 0.6 is 0 Å². The fourth-order valence-electron chi connectivity index (χ4n) is 2.96. The Balaban J connectivity index is 1.41. The highest BCUT2D eigenvalue weighted by molar-refractivity contribution is 5.89. The summed E-state index contributed by atoms with van der Waals surface area (Å²) in [6.45, 7) is 2.03. The maximum absolute atomic E-state index is 13.5. The first kappa shape index (κ1) is 18.7. The molecule has 2 amide bonds. The maximum atomic E-state index is 13.5. The zero-order chi connectivity index (χ0) is 20.2. The molecule has 0 bridgehead atoms. The summed E-state index contributed by atoms with van der Waals surface area (Å²) in [5.41, 5.74) is 0.996. The van der Waals surface area contributed by atoms with E-state index in [0.29, 0.717) is 43.4 Å². The quantitative estimate of drug-likeness (QED) is 0.731. The van der Waals surface area contributed by atoms with Gasteiger partial charge in [0.25, 0.3) is 0 Å². The van der Waals surface area contributed by atoms with Gasteiger partial charge >= 0.3 is 6.03 Å². The third-order valence-corrected chi connectivity index (χ3v) is 4.50. The lowest BCUT2D eigenvalue weighted by atomic mass is 10.2. The van der Waals surface area contributed by atoms with E-state index in [4.69, 9.17) is 0 Å². The Hall–Kier alpha value is -3.69. The largest absolute Gasteiger partial charge is 0.337 e. The standard InChI is InChI=1S/C19H17F2N7O/c20-15-4-3-13(10-16(15)21)17-23-12-24-18(26-17)27-6-8-28(9-7-27)19(29)25-14-2-1-5-22-11-14/h1-5,10-12H,6-9H2,(H,25,29). The van der Waals surface area contributed by atoms with Crippen LogP contribution in [-0.2, 0) is 0 Å². The van der Waals surface area contributed by atoms with E-state index in [1.165, 1.54) is 12.4 Å². The van der Waals surface area contributed by atoms with Crippen LogP contribution in [0.4, 0.5) is 25.2 Å². The molecular weight excluding hydrogens is 380 g/mol. The lowest BCUT2D eigenvalue weighted by Crippen LogP contribution is -2.50. The summed E-state index contributed by atoms with van der Waals surface area (Å²) in [4.78, 5) is 32.5. The zero-order valence-electron chi connectivity index (χ0n) is 15.3. The molecule has 0 saturated carbocycles. The molecule has 1 aromatic carbocycles. The summed E-state index contributed by atoms with van der Waals surface area (Å²) in [5.74, 6) is -1.21. The van der Waals surface area contributed by atoms with Gasteiger partial charge in [-0.3, -0.25) is 4.98 Å². The molecule has 1 N–H and O–H groups in total. The van der Waals surface area contributed by atoms with E-state index >= 15 is 0 Å². The van der Waals surface area contributed by atoms with Gasteiger partial charge in [0, 0.05) is 37.9 Å². The van der Waals surface area contributed by atoms with Crippen molar-refractivity contribution in [2.75, 3.05) is 36.4 Å². The average molecular weight is 397 g/mol. The second-order valence-corrected chi connectivity index (χ2v) is 6.38. The lowest BCUT2D eigenvalue weighted by Gasteiger charge is -2.34. The Morgan fingerprint density at radius 2 is 1.86 bits per heavy atom. The molecule has 1 aliphatic heterocycles. The predicted octanol–water partition coefficient (Wildman–Crippen LogP) is 2.57. The number of anilines is 2. The van der Waals surface area contributed by atoms with Crippen LogP contribution in [-0.4, -0.2) is 57.0 Å². The van der Waals surface area contributed by atoms with Gasteiger partial charge in [-0.15, -0.1) is 0 Å². The van der Waals surface area contributed by atoms with Crippen LogP contribution in [0.25, 0.3) is 11.4 Å². The number of nitrogens with one attached hydrogen (secondary N) is 1. The number of rotatable bonds is 3. The number of amides is 2. The van der Waals surface area contributed by atoms with Crippen molar-refractivity contribution in [1.29, 1.82) is 0 Å². The fourth-order valence-corrected chi connectivity index (χ4v) is 2.96. The van der Waals surface area contributed by atoms with Crippen LogP contribution in [0.5, 0.6) is 0 Å². The topological polar surface area (TPSA) is 87.1 Å². The third kappa shape index (κ3) is 4.26. The number of nitrogens with zero attached hydrogens (tertiary/aromatic N) is 6. The molecular formula is C19H17F2N7O. The average Bonchev–Trinajstić information content (AvgIpc) is 2.76. The number of carbonyl (C=O) groups excluding carboxylic acids is 1. The first-order valence-corrected chi connectivity index (χ1v) is 8.95. The van der Waals surface area contributed by atoms with Crippen LogP contribution in [0.3, 0.4) is 0 Å². The number of pyridine rings is 1. The first-order valence-electron chi connectivity index (χ1n) is 8.95. The third-order valence-electron chi connectivity index (χ3n) is 4.50. The Kier molecular flexibility index (Phi) is 5.23. The number of benzene rings is 1. The van der Waals surface area contributed by atoms with Gasteiger partial charge in [-0.2, -0.15) is 4.98 Å². The number of piperazine rings is 1. The molecule has 2 aromatic heterocycles. The molecule has 1 fully saturated rings. The Bertz CT molecular complexity index is 1010. The summed E-state index contributed by atoms with van der Waals surface area (Å²) < 4.78 is 26.6. The monoisotopic (exact) mass is 397 g/mol. The van der Waals surface area contributed by atoms with Crippen LogP contribution in [0.15, 0.2) is 49.1 Å². The Morgan fingerprint density at radius 1 is 1.03 bits per heavy atom. The summed E-state index contributed by atoms with van der Waals surface area (Å²) in [5, 5.41) is 2.81. The highest BCUT2D eigenvalue weighted by atomic mass is 19.2. The van der Waals surface area contributed by atoms with E-state index in [1.54, 1.807) is 29.4 Å². The second kappa shape index (κ2) is 8.13. The maximum Gasteiger partial charge on any atom is 0.322 e. The van der Waals surface area contributed by atoms with E-state index in [9.17, 15) is 13.6 Å². The molecule has 0 unspecified atom stereocenters. The first-order chi connectivity index (χ1) is 14.1. The van der Waals surface area contributed by atoms with Crippen molar-refractivity contribution in [1.82, 2.24) is 24.8 Å². The highest BCUT2D eigenvalue weighted by Crippen LogP contribution is 2.20. The van der Waals surface area contributed by atoms with Gasteiger partial charge in [-0.05, 0) is 30.3 Å². The minimum atomic E-state index is -0.960. The lowest BCUT2D eigenvalue weighted by molar-refractivity contribution is 0.208. The van der Waals surface area contributed by atoms with Crippen molar-refractivity contribution >= 4 is 17.7 Å². The van der Waals surface area contributed by atoms with Crippen molar-refractivity contribution < 1.29 is 13.6 Å². The second-order valence-electron chi connectivity index (χ2n) is 6.38. The number of urea groups is 1. The summed E-state index contributed by atoms with van der Waals surface area (Å²) in [7, 11) is 0. The van der Waals surface area contributed by atoms with Gasteiger partial charge in [-0.25, -0.2) is 23.5 Å². The summed E-state index contributed by atoms with van der Waals surface area (Å²) in [6.07, 6.45) is 4.55. The van der Waals surface area contributed by atoms with Crippen molar-refractivity contribution in [3.8, 4) is 11.4 Å². The van der Waals surface area contributed by atoms with Crippen LogP contribution in [0.1, 0.15) is 0 Å². The Labute approximate surface area is 165 Å². The number of aromatic nitrogens is 4. The van der Waals surface area contributed by atoms with Gasteiger partial charge in [-0.1, -0.05) is 0 Å². The summed E-state index contributed by atoms with van der Waals surface area (Å²) in [6, 6.07) is 6.82. The minimum Gasteiger partial charge on any atom is -0.337 e. The van der Waals surface area contributed by atoms with Gasteiger partial charge in [0.15, 0.2) is 17.5 Å². The smallest absolute Gasteiger partial charge is 0.322 e. The van der Waals surface area contributed by atoms with Crippen LogP contribution in [0, 0.1) is 11.6 Å². The molecule has 10 heteroatoms. The SMILES string of the molecule is O=C(Nc1cccnc1)N1CCN(c2ncnc(-c3ccc(F)c(F)c3)n2)CC1. The fraction of sp³-hybridized carbons (Fsp3) is 0.211. The van der Waals surface area contributed by atoms with Crippen LogP contribution in [0.2, 0.25) is 0 Å². The normalized spacial score (nSPS) is 14.0. The molecule has 1 saturated heterocycles. The number of carbonyl (C=O) groups is 1. The number of halogens is 2. The molecule has 1 aliphatic rings. The molecule has 0 atom stereocenters. The molecule has 3 heterocycles. The number of hydrogen-bond donors (Lipinski definition) is 1. The molecule has 0 radical (unpaired) electrons. The van der Waals surface area contributed by atoms with Crippen molar-refractivity contribution in [3.05, 3.63) is 60.7 Å². The highest BCUT2D eigenvalue weighted by Gasteiger charge is 2.23. The van der Waals surface area contributed by atoms with Gasteiger partial charge in [0.2, 0.25) is 5.95 Å².